The number of carbonyl (C=O) groups excluding carboxylic acids is 2. The maximum Gasteiger partial charge on any atom is 0.322 e. The van der Waals surface area contributed by atoms with E-state index in [0.29, 0.717) is 25.3 Å². The van der Waals surface area contributed by atoms with Crippen molar-refractivity contribution in [3.63, 3.8) is 0 Å². The van der Waals surface area contributed by atoms with Gasteiger partial charge < -0.3 is 15.0 Å². The van der Waals surface area contributed by atoms with Gasteiger partial charge in [-0.3, -0.25) is 9.69 Å². The van der Waals surface area contributed by atoms with Crippen molar-refractivity contribution < 1.29 is 14.3 Å². The number of carbonyl (C=O) groups is 2. The molecule has 2 aliphatic heterocycles. The minimum absolute atomic E-state index is 0.0314. The number of nitrogens with one attached hydrogen (secondary N) is 1. The predicted octanol–water partition coefficient (Wildman–Crippen LogP) is 3.52. The van der Waals surface area contributed by atoms with E-state index in [4.69, 9.17) is 4.74 Å². The van der Waals surface area contributed by atoms with Gasteiger partial charge in [-0.1, -0.05) is 25.3 Å². The average molecular weight is 414 g/mol. The van der Waals surface area contributed by atoms with Crippen LogP contribution in [0, 0.1) is 5.92 Å². The molecule has 1 saturated heterocycles. The van der Waals surface area contributed by atoms with E-state index in [1.807, 2.05) is 4.90 Å². The quantitative estimate of drug-likeness (QED) is 0.751. The summed E-state index contributed by atoms with van der Waals surface area (Å²) in [5.41, 5.74) is 3.35. The highest BCUT2D eigenvalue weighted by Crippen LogP contribution is 2.44. The molecule has 1 unspecified atom stereocenters. The average Bonchev–Trinajstić information content (AvgIpc) is 3.00. The van der Waals surface area contributed by atoms with Crippen LogP contribution in [-0.4, -0.2) is 56.2 Å². The molecule has 0 aromatic heterocycles. The van der Waals surface area contributed by atoms with Gasteiger partial charge in [0.05, 0.1) is 12.6 Å². The number of benzene rings is 1. The molecular weight excluding hydrogens is 378 g/mol. The van der Waals surface area contributed by atoms with Crippen molar-refractivity contribution in [2.24, 2.45) is 5.92 Å². The Labute approximate surface area is 179 Å². The first-order chi connectivity index (χ1) is 14.5. The largest absolute Gasteiger partial charge is 0.469 e. The number of urea groups is 1. The number of hydrogen-bond donors (Lipinski definition) is 1. The number of likely N-dealkylation sites (N-methyl/N-ethyl adjacent to an activating group) is 1. The van der Waals surface area contributed by atoms with Gasteiger partial charge in [0, 0.05) is 31.7 Å². The molecule has 0 spiro atoms. The lowest BCUT2D eigenvalue weighted by Crippen LogP contribution is -2.54. The van der Waals surface area contributed by atoms with Crippen LogP contribution in [0.3, 0.4) is 0 Å². The van der Waals surface area contributed by atoms with Crippen LogP contribution in [0.15, 0.2) is 18.2 Å². The number of rotatable bonds is 5. The number of hydrogen-bond acceptors (Lipinski definition) is 4. The van der Waals surface area contributed by atoms with Crippen molar-refractivity contribution in [3.05, 3.63) is 29.3 Å². The number of nitrogens with zero attached hydrogens (tertiary/aromatic N) is 2. The fraction of sp³-hybridized carbons (Fsp3) is 0.667. The molecule has 164 valence electrons. The topological polar surface area (TPSA) is 61.9 Å². The van der Waals surface area contributed by atoms with Crippen LogP contribution in [0.25, 0.3) is 0 Å². The van der Waals surface area contributed by atoms with E-state index < -0.39 is 0 Å². The molecule has 0 radical (unpaired) electrons. The van der Waals surface area contributed by atoms with Gasteiger partial charge in [0.15, 0.2) is 0 Å². The molecule has 6 nitrogen and oxygen atoms in total. The number of anilines is 1. The van der Waals surface area contributed by atoms with Gasteiger partial charge >= 0.3 is 12.0 Å². The lowest BCUT2D eigenvalue weighted by molar-refractivity contribution is -0.141. The SMILES string of the molecule is COC(=O)CCC1(C2CCCCC2)CNC(=O)N1c1ccc2c(c1)CCN(C)CC2. The first-order valence-corrected chi connectivity index (χ1v) is 11.5. The number of amides is 2. The van der Waals surface area contributed by atoms with Gasteiger partial charge in [0.1, 0.15) is 0 Å². The second-order valence-corrected chi connectivity index (χ2v) is 9.27. The monoisotopic (exact) mass is 413 g/mol. The summed E-state index contributed by atoms with van der Waals surface area (Å²) in [6.45, 7) is 2.72. The minimum atomic E-state index is -0.360. The van der Waals surface area contributed by atoms with Crippen LogP contribution in [0.1, 0.15) is 56.1 Å². The zero-order valence-electron chi connectivity index (χ0n) is 18.4. The van der Waals surface area contributed by atoms with Crippen molar-refractivity contribution in [2.45, 2.75) is 63.3 Å². The van der Waals surface area contributed by atoms with E-state index in [9.17, 15) is 9.59 Å². The second-order valence-electron chi connectivity index (χ2n) is 9.27. The molecular formula is C24H35N3O3. The maximum absolute atomic E-state index is 13.1. The Kier molecular flexibility index (Phi) is 6.32. The summed E-state index contributed by atoms with van der Waals surface area (Å²) in [5.74, 6) is 0.203. The Morgan fingerprint density at radius 1 is 1.17 bits per heavy atom. The molecule has 1 aromatic carbocycles. The van der Waals surface area contributed by atoms with Gasteiger partial charge in [-0.15, -0.1) is 0 Å². The normalized spacial score (nSPS) is 25.5. The standard InChI is InChI=1S/C24H35N3O3/c1-26-14-11-18-8-9-21(16-19(18)12-15-26)27-23(29)25-17-24(27,13-10-22(28)30-2)20-6-4-3-5-7-20/h8-9,16,20H,3-7,10-15,17H2,1-2H3,(H,25,29). The molecule has 4 rings (SSSR count). The van der Waals surface area contributed by atoms with Gasteiger partial charge in [0.2, 0.25) is 0 Å². The molecule has 6 heteroatoms. The Bertz CT molecular complexity index is 790. The molecule has 0 bridgehead atoms. The van der Waals surface area contributed by atoms with E-state index in [2.05, 4.69) is 35.5 Å². The maximum atomic E-state index is 13.1. The lowest BCUT2D eigenvalue weighted by atomic mass is 9.71. The van der Waals surface area contributed by atoms with Gasteiger partial charge in [-0.2, -0.15) is 0 Å². The molecule has 2 fully saturated rings. The second kappa shape index (κ2) is 8.96. The highest BCUT2D eigenvalue weighted by atomic mass is 16.5. The van der Waals surface area contributed by atoms with E-state index in [1.54, 1.807) is 0 Å². The molecule has 30 heavy (non-hydrogen) atoms. The Morgan fingerprint density at radius 3 is 2.63 bits per heavy atom. The number of methoxy groups -OCH3 is 1. The number of ether oxygens (including phenoxy) is 1. The van der Waals surface area contributed by atoms with Crippen molar-refractivity contribution in [3.8, 4) is 0 Å². The van der Waals surface area contributed by atoms with Gasteiger partial charge in [-0.05, 0) is 68.3 Å². The molecule has 1 saturated carbocycles. The van der Waals surface area contributed by atoms with Crippen molar-refractivity contribution >= 4 is 17.7 Å². The zero-order valence-corrected chi connectivity index (χ0v) is 18.4. The number of esters is 1. The summed E-state index contributed by atoms with van der Waals surface area (Å²) in [6, 6.07) is 6.53. The van der Waals surface area contributed by atoms with Crippen molar-refractivity contribution in [2.75, 3.05) is 38.7 Å². The predicted molar refractivity (Wildman–Crippen MR) is 118 cm³/mol. The summed E-state index contributed by atoms with van der Waals surface area (Å²) in [5, 5.41) is 3.12. The van der Waals surface area contributed by atoms with Gasteiger partial charge in [-0.25, -0.2) is 4.79 Å². The van der Waals surface area contributed by atoms with E-state index >= 15 is 0 Å². The third-order valence-corrected chi connectivity index (χ3v) is 7.52. The summed E-state index contributed by atoms with van der Waals surface area (Å²) in [7, 11) is 3.61. The zero-order chi connectivity index (χ0) is 21.1. The molecule has 1 aliphatic carbocycles. The highest BCUT2D eigenvalue weighted by molar-refractivity contribution is 5.96. The third kappa shape index (κ3) is 4.07. The number of fused-ring (bicyclic) bond motifs is 1. The summed E-state index contributed by atoms with van der Waals surface area (Å²) < 4.78 is 4.94. The summed E-state index contributed by atoms with van der Waals surface area (Å²) >= 11 is 0. The molecule has 2 amide bonds. The van der Waals surface area contributed by atoms with E-state index in [1.165, 1.54) is 37.5 Å². The van der Waals surface area contributed by atoms with Crippen molar-refractivity contribution in [1.29, 1.82) is 0 Å². The Morgan fingerprint density at radius 2 is 1.90 bits per heavy atom. The Balaban J connectivity index is 1.69. The fourth-order valence-electron chi connectivity index (χ4n) is 5.72. The fourth-order valence-corrected chi connectivity index (χ4v) is 5.72. The lowest BCUT2D eigenvalue weighted by Gasteiger charge is -2.45. The highest BCUT2D eigenvalue weighted by Gasteiger charge is 2.51. The third-order valence-electron chi connectivity index (χ3n) is 7.52. The molecule has 1 aromatic rings. The van der Waals surface area contributed by atoms with Crippen LogP contribution in [0.2, 0.25) is 0 Å². The van der Waals surface area contributed by atoms with Crippen LogP contribution < -0.4 is 10.2 Å². The van der Waals surface area contributed by atoms with Crippen molar-refractivity contribution in [1.82, 2.24) is 10.2 Å². The van der Waals surface area contributed by atoms with Gasteiger partial charge in [0.25, 0.3) is 0 Å². The molecule has 1 N–H and O–H groups in total. The minimum Gasteiger partial charge on any atom is -0.469 e. The van der Waals surface area contributed by atoms with Crippen LogP contribution >= 0.6 is 0 Å². The van der Waals surface area contributed by atoms with Crippen LogP contribution in [0.4, 0.5) is 10.5 Å². The smallest absolute Gasteiger partial charge is 0.322 e. The van der Waals surface area contributed by atoms with Crippen LogP contribution in [-0.2, 0) is 22.4 Å². The van der Waals surface area contributed by atoms with E-state index in [0.717, 1.165) is 44.5 Å². The summed E-state index contributed by atoms with van der Waals surface area (Å²) in [6.07, 6.45) is 8.92. The molecule has 1 atom stereocenters. The molecule has 2 heterocycles. The Hall–Kier alpha value is -2.08. The van der Waals surface area contributed by atoms with E-state index in [-0.39, 0.29) is 17.5 Å². The first-order valence-electron chi connectivity index (χ1n) is 11.5. The van der Waals surface area contributed by atoms with Crippen LogP contribution in [0.5, 0.6) is 0 Å². The summed E-state index contributed by atoms with van der Waals surface area (Å²) in [4.78, 5) is 29.5. The first kappa shape index (κ1) is 21.2. The molecule has 3 aliphatic rings.